The third-order valence-electron chi connectivity index (χ3n) is 3.76. The Hall–Kier alpha value is -0.830. The molecular formula is C14H25NO2. The first-order valence-electron chi connectivity index (χ1n) is 6.36. The molecule has 0 N–H and O–H groups in total. The van der Waals surface area contributed by atoms with Gasteiger partial charge in [-0.05, 0) is 47.0 Å². The lowest BCUT2D eigenvalue weighted by Crippen LogP contribution is -2.59. The summed E-state index contributed by atoms with van der Waals surface area (Å²) in [7, 11) is 0. The minimum Gasteiger partial charge on any atom is -0.461 e. The fourth-order valence-corrected chi connectivity index (χ4v) is 2.94. The summed E-state index contributed by atoms with van der Waals surface area (Å²) < 4.78 is 5.08. The van der Waals surface area contributed by atoms with Crippen LogP contribution < -0.4 is 0 Å². The van der Waals surface area contributed by atoms with Gasteiger partial charge in [-0.2, -0.15) is 0 Å². The molecule has 0 aromatic rings. The highest BCUT2D eigenvalue weighted by molar-refractivity contribution is 5.81. The minimum atomic E-state index is -0.336. The predicted molar refractivity (Wildman–Crippen MR) is 69.9 cm³/mol. The van der Waals surface area contributed by atoms with Gasteiger partial charge in [0.2, 0.25) is 0 Å². The number of hydrogen-bond acceptors (Lipinski definition) is 3. The van der Waals surface area contributed by atoms with Crippen molar-refractivity contribution in [2.24, 2.45) is 0 Å². The molecule has 0 saturated carbocycles. The van der Waals surface area contributed by atoms with Crippen LogP contribution in [0.15, 0.2) is 12.7 Å². The highest BCUT2D eigenvalue weighted by atomic mass is 16.5. The Morgan fingerprint density at radius 1 is 1.29 bits per heavy atom. The van der Waals surface area contributed by atoms with E-state index in [0.717, 1.165) is 6.54 Å². The van der Waals surface area contributed by atoms with Crippen molar-refractivity contribution in [3.05, 3.63) is 12.7 Å². The van der Waals surface area contributed by atoms with Crippen molar-refractivity contribution >= 4 is 5.97 Å². The summed E-state index contributed by atoms with van der Waals surface area (Å²) in [6.45, 7) is 13.7. The molecule has 0 unspecified atom stereocenters. The molecule has 1 fully saturated rings. The predicted octanol–water partition coefficient (Wildman–Crippen LogP) is 2.76. The standard InChI is InChI=1S/C14H25NO2/c1-6-12(16)17-11-10-15-13(2,3)8-7-9-14(15,4)5/h6H,1,7-11H2,2-5H3. The van der Waals surface area contributed by atoms with E-state index in [4.69, 9.17) is 4.74 Å². The van der Waals surface area contributed by atoms with Gasteiger partial charge in [0.15, 0.2) is 0 Å². The monoisotopic (exact) mass is 239 g/mol. The number of esters is 1. The fraction of sp³-hybridized carbons (Fsp3) is 0.786. The maximum Gasteiger partial charge on any atom is 0.330 e. The van der Waals surface area contributed by atoms with E-state index in [1.54, 1.807) is 0 Å². The normalized spacial score (nSPS) is 23.1. The molecule has 1 heterocycles. The van der Waals surface area contributed by atoms with Crippen LogP contribution in [0.2, 0.25) is 0 Å². The van der Waals surface area contributed by atoms with Crippen LogP contribution in [-0.4, -0.2) is 35.1 Å². The first-order chi connectivity index (χ1) is 7.79. The van der Waals surface area contributed by atoms with E-state index in [2.05, 4.69) is 39.2 Å². The summed E-state index contributed by atoms with van der Waals surface area (Å²) in [4.78, 5) is 13.5. The molecule has 0 amide bonds. The summed E-state index contributed by atoms with van der Waals surface area (Å²) >= 11 is 0. The van der Waals surface area contributed by atoms with E-state index >= 15 is 0 Å². The number of carbonyl (C=O) groups is 1. The molecule has 0 aromatic carbocycles. The number of likely N-dealkylation sites (tertiary alicyclic amines) is 1. The van der Waals surface area contributed by atoms with E-state index in [9.17, 15) is 4.79 Å². The first-order valence-corrected chi connectivity index (χ1v) is 6.36. The van der Waals surface area contributed by atoms with Crippen molar-refractivity contribution in [2.75, 3.05) is 13.2 Å². The molecule has 3 nitrogen and oxygen atoms in total. The van der Waals surface area contributed by atoms with Crippen molar-refractivity contribution in [1.82, 2.24) is 4.90 Å². The van der Waals surface area contributed by atoms with Gasteiger partial charge in [-0.1, -0.05) is 6.58 Å². The molecule has 17 heavy (non-hydrogen) atoms. The molecule has 0 radical (unpaired) electrons. The molecule has 1 rings (SSSR count). The van der Waals surface area contributed by atoms with Crippen LogP contribution in [0.25, 0.3) is 0 Å². The highest BCUT2D eigenvalue weighted by Crippen LogP contribution is 2.37. The van der Waals surface area contributed by atoms with E-state index < -0.39 is 0 Å². The molecule has 0 spiro atoms. The molecule has 98 valence electrons. The fourth-order valence-electron chi connectivity index (χ4n) is 2.94. The Balaban J connectivity index is 2.58. The average Bonchev–Trinajstić information content (AvgIpc) is 2.21. The van der Waals surface area contributed by atoms with Crippen LogP contribution >= 0.6 is 0 Å². The Morgan fingerprint density at radius 3 is 2.29 bits per heavy atom. The molecule has 1 aliphatic heterocycles. The minimum absolute atomic E-state index is 0.183. The second kappa shape index (κ2) is 5.21. The zero-order chi connectivity index (χ0) is 13.1. The zero-order valence-corrected chi connectivity index (χ0v) is 11.6. The van der Waals surface area contributed by atoms with E-state index in [-0.39, 0.29) is 17.0 Å². The number of nitrogens with zero attached hydrogens (tertiary/aromatic N) is 1. The maximum absolute atomic E-state index is 11.0. The van der Waals surface area contributed by atoms with Gasteiger partial charge in [0.05, 0.1) is 0 Å². The average molecular weight is 239 g/mol. The Bertz CT molecular complexity index is 279. The Morgan fingerprint density at radius 2 is 1.82 bits per heavy atom. The molecule has 0 bridgehead atoms. The topological polar surface area (TPSA) is 29.5 Å². The second-order valence-electron chi connectivity index (χ2n) is 6.00. The molecule has 3 heteroatoms. The Labute approximate surface area is 105 Å². The van der Waals surface area contributed by atoms with Crippen LogP contribution in [0.3, 0.4) is 0 Å². The van der Waals surface area contributed by atoms with Gasteiger partial charge < -0.3 is 4.74 Å². The Kier molecular flexibility index (Phi) is 4.36. The van der Waals surface area contributed by atoms with Gasteiger partial charge in [-0.15, -0.1) is 0 Å². The largest absolute Gasteiger partial charge is 0.461 e. The van der Waals surface area contributed by atoms with Gasteiger partial charge in [-0.25, -0.2) is 4.79 Å². The van der Waals surface area contributed by atoms with Gasteiger partial charge in [0.25, 0.3) is 0 Å². The van der Waals surface area contributed by atoms with Crippen LogP contribution in [0, 0.1) is 0 Å². The molecule has 0 aromatic heterocycles. The maximum atomic E-state index is 11.0. The van der Waals surface area contributed by atoms with Crippen LogP contribution in [0.4, 0.5) is 0 Å². The third kappa shape index (κ3) is 3.56. The van der Waals surface area contributed by atoms with Crippen LogP contribution in [0.1, 0.15) is 47.0 Å². The zero-order valence-electron chi connectivity index (χ0n) is 11.6. The molecule has 1 saturated heterocycles. The van der Waals surface area contributed by atoms with E-state index in [1.165, 1.54) is 25.3 Å². The summed E-state index contributed by atoms with van der Waals surface area (Å²) in [6.07, 6.45) is 4.88. The van der Waals surface area contributed by atoms with Gasteiger partial charge in [-0.3, -0.25) is 4.90 Å². The van der Waals surface area contributed by atoms with Crippen LogP contribution in [0.5, 0.6) is 0 Å². The lowest BCUT2D eigenvalue weighted by Gasteiger charge is -2.52. The van der Waals surface area contributed by atoms with Gasteiger partial charge in [0.1, 0.15) is 6.61 Å². The molecule has 1 aliphatic rings. The summed E-state index contributed by atoms with van der Waals surface area (Å²) in [5.74, 6) is -0.336. The summed E-state index contributed by atoms with van der Waals surface area (Å²) in [5.41, 5.74) is 0.366. The molecule has 0 atom stereocenters. The number of hydrogen-bond donors (Lipinski definition) is 0. The third-order valence-corrected chi connectivity index (χ3v) is 3.76. The lowest BCUT2D eigenvalue weighted by molar-refractivity contribution is -0.140. The van der Waals surface area contributed by atoms with Gasteiger partial charge >= 0.3 is 5.97 Å². The van der Waals surface area contributed by atoms with Crippen molar-refractivity contribution in [3.8, 4) is 0 Å². The molecule has 0 aliphatic carbocycles. The summed E-state index contributed by atoms with van der Waals surface area (Å²) in [5, 5.41) is 0. The quantitative estimate of drug-likeness (QED) is 0.558. The van der Waals surface area contributed by atoms with Crippen molar-refractivity contribution < 1.29 is 9.53 Å². The second-order valence-corrected chi connectivity index (χ2v) is 6.00. The van der Waals surface area contributed by atoms with Gasteiger partial charge in [0, 0.05) is 23.7 Å². The SMILES string of the molecule is C=CC(=O)OCCN1C(C)(C)CCCC1(C)C. The number of ether oxygens (including phenoxy) is 1. The van der Waals surface area contributed by atoms with E-state index in [1.807, 2.05) is 0 Å². The lowest BCUT2D eigenvalue weighted by atomic mass is 9.80. The molecular weight excluding hydrogens is 214 g/mol. The smallest absolute Gasteiger partial charge is 0.330 e. The van der Waals surface area contributed by atoms with Crippen molar-refractivity contribution in [3.63, 3.8) is 0 Å². The van der Waals surface area contributed by atoms with Crippen molar-refractivity contribution in [1.29, 1.82) is 0 Å². The number of piperidine rings is 1. The number of rotatable bonds is 4. The van der Waals surface area contributed by atoms with Crippen molar-refractivity contribution in [2.45, 2.75) is 58.0 Å². The number of carbonyl (C=O) groups excluding carboxylic acids is 1. The first kappa shape index (κ1) is 14.2. The highest BCUT2D eigenvalue weighted by Gasteiger charge is 2.40. The van der Waals surface area contributed by atoms with E-state index in [0.29, 0.717) is 6.61 Å². The summed E-state index contributed by atoms with van der Waals surface area (Å²) in [6, 6.07) is 0. The van der Waals surface area contributed by atoms with Crippen LogP contribution in [-0.2, 0) is 9.53 Å².